The van der Waals surface area contributed by atoms with Crippen LogP contribution in [0, 0.1) is 0 Å². The Balaban J connectivity index is 1.97. The van der Waals surface area contributed by atoms with Crippen molar-refractivity contribution < 1.29 is 0 Å². The van der Waals surface area contributed by atoms with Crippen molar-refractivity contribution in [2.75, 3.05) is 13.1 Å². The molecule has 0 aliphatic carbocycles. The second-order valence-electron chi connectivity index (χ2n) is 4.30. The first-order valence-corrected chi connectivity index (χ1v) is 6.47. The Hall–Kier alpha value is -0.870. The zero-order valence-electron chi connectivity index (χ0n) is 8.99. The first-order chi connectivity index (χ1) is 7.83. The highest BCUT2D eigenvalue weighted by atomic mass is 79.9. The zero-order valence-corrected chi connectivity index (χ0v) is 10.6. The first-order valence-electron chi connectivity index (χ1n) is 5.68. The summed E-state index contributed by atoms with van der Waals surface area (Å²) in [6.07, 6.45) is 6.62. The fraction of sp³-hybridized carbons (Fsp3) is 0.417. The van der Waals surface area contributed by atoms with Crippen molar-refractivity contribution in [2.45, 2.75) is 18.8 Å². The van der Waals surface area contributed by atoms with Gasteiger partial charge >= 0.3 is 0 Å². The molecule has 1 aliphatic rings. The summed E-state index contributed by atoms with van der Waals surface area (Å²) in [6, 6.07) is 4.10. The third-order valence-electron chi connectivity index (χ3n) is 3.20. The third kappa shape index (κ3) is 1.87. The molecule has 84 valence electrons. The Kier molecular flexibility index (Phi) is 2.69. The van der Waals surface area contributed by atoms with E-state index in [2.05, 4.69) is 44.1 Å². The molecule has 0 amide bonds. The minimum atomic E-state index is 0.625. The Morgan fingerprint density at radius 3 is 3.00 bits per heavy atom. The van der Waals surface area contributed by atoms with E-state index in [1.54, 1.807) is 0 Å². The molecule has 3 heterocycles. The lowest BCUT2D eigenvalue weighted by atomic mass is 9.95. The van der Waals surface area contributed by atoms with Gasteiger partial charge in [-0.25, -0.2) is 4.98 Å². The van der Waals surface area contributed by atoms with E-state index in [1.807, 2.05) is 6.07 Å². The molecule has 0 bridgehead atoms. The van der Waals surface area contributed by atoms with Gasteiger partial charge in [0.2, 0.25) is 0 Å². The Bertz CT molecular complexity index is 500. The summed E-state index contributed by atoms with van der Waals surface area (Å²) < 4.78 is 3.18. The topological polar surface area (TPSA) is 29.3 Å². The SMILES string of the molecule is Brc1ccn2cc(C3CCNCC3)nc2c1. The van der Waals surface area contributed by atoms with Crippen LogP contribution < -0.4 is 5.32 Å². The van der Waals surface area contributed by atoms with Crippen LogP contribution in [0.25, 0.3) is 5.65 Å². The standard InChI is InChI=1S/C12H14BrN3/c13-10-3-6-16-8-11(15-12(16)7-10)9-1-4-14-5-2-9/h3,6-9,14H,1-2,4-5H2. The van der Waals surface area contributed by atoms with Gasteiger partial charge in [-0.3, -0.25) is 0 Å². The van der Waals surface area contributed by atoms with Crippen molar-refractivity contribution in [3.8, 4) is 0 Å². The quantitative estimate of drug-likeness (QED) is 0.870. The van der Waals surface area contributed by atoms with Crippen LogP contribution in [-0.2, 0) is 0 Å². The molecule has 1 saturated heterocycles. The number of rotatable bonds is 1. The fourth-order valence-corrected chi connectivity index (χ4v) is 2.61. The number of fused-ring (bicyclic) bond motifs is 1. The molecule has 3 nitrogen and oxygen atoms in total. The average Bonchev–Trinajstić information content (AvgIpc) is 2.73. The zero-order chi connectivity index (χ0) is 11.0. The van der Waals surface area contributed by atoms with E-state index < -0.39 is 0 Å². The number of nitrogens with one attached hydrogen (secondary N) is 1. The van der Waals surface area contributed by atoms with Crippen LogP contribution in [0.5, 0.6) is 0 Å². The predicted octanol–water partition coefficient (Wildman–Crippen LogP) is 2.56. The van der Waals surface area contributed by atoms with Gasteiger partial charge in [0.05, 0.1) is 5.69 Å². The molecule has 0 radical (unpaired) electrons. The van der Waals surface area contributed by atoms with Gasteiger partial charge in [-0.1, -0.05) is 15.9 Å². The summed E-state index contributed by atoms with van der Waals surface area (Å²) in [5.74, 6) is 0.625. The Morgan fingerprint density at radius 1 is 1.38 bits per heavy atom. The fourth-order valence-electron chi connectivity index (χ4n) is 2.29. The molecule has 2 aromatic rings. The molecule has 3 rings (SSSR count). The van der Waals surface area contributed by atoms with E-state index in [9.17, 15) is 0 Å². The number of pyridine rings is 1. The van der Waals surface area contributed by atoms with E-state index in [1.165, 1.54) is 18.5 Å². The molecule has 0 spiro atoms. The maximum absolute atomic E-state index is 4.70. The van der Waals surface area contributed by atoms with Gasteiger partial charge in [0.15, 0.2) is 0 Å². The largest absolute Gasteiger partial charge is 0.317 e. The summed E-state index contributed by atoms with van der Waals surface area (Å²) >= 11 is 3.47. The van der Waals surface area contributed by atoms with Gasteiger partial charge in [-0.15, -0.1) is 0 Å². The monoisotopic (exact) mass is 279 g/mol. The highest BCUT2D eigenvalue weighted by molar-refractivity contribution is 9.10. The van der Waals surface area contributed by atoms with Crippen LogP contribution in [0.3, 0.4) is 0 Å². The van der Waals surface area contributed by atoms with Gasteiger partial charge in [-0.2, -0.15) is 0 Å². The summed E-state index contributed by atoms with van der Waals surface area (Å²) in [5, 5.41) is 3.39. The molecular weight excluding hydrogens is 266 g/mol. The highest BCUT2D eigenvalue weighted by Crippen LogP contribution is 2.25. The molecule has 4 heteroatoms. The smallest absolute Gasteiger partial charge is 0.138 e. The minimum Gasteiger partial charge on any atom is -0.317 e. The second kappa shape index (κ2) is 4.18. The summed E-state index contributed by atoms with van der Waals surface area (Å²) in [4.78, 5) is 4.70. The predicted molar refractivity (Wildman–Crippen MR) is 67.7 cm³/mol. The van der Waals surface area contributed by atoms with Gasteiger partial charge in [0.1, 0.15) is 5.65 Å². The van der Waals surface area contributed by atoms with E-state index in [0.29, 0.717) is 5.92 Å². The van der Waals surface area contributed by atoms with E-state index in [0.717, 1.165) is 23.2 Å². The van der Waals surface area contributed by atoms with Crippen molar-refractivity contribution >= 4 is 21.6 Å². The van der Waals surface area contributed by atoms with Crippen LogP contribution in [0.1, 0.15) is 24.5 Å². The van der Waals surface area contributed by atoms with Gasteiger partial charge in [0.25, 0.3) is 0 Å². The van der Waals surface area contributed by atoms with Crippen LogP contribution in [0.15, 0.2) is 29.0 Å². The van der Waals surface area contributed by atoms with E-state index in [4.69, 9.17) is 4.98 Å². The second-order valence-corrected chi connectivity index (χ2v) is 5.22. The van der Waals surface area contributed by atoms with Crippen LogP contribution in [0.4, 0.5) is 0 Å². The number of hydrogen-bond acceptors (Lipinski definition) is 2. The number of imidazole rings is 1. The molecule has 0 saturated carbocycles. The maximum atomic E-state index is 4.70. The van der Waals surface area contributed by atoms with Crippen molar-refractivity contribution in [1.29, 1.82) is 0 Å². The highest BCUT2D eigenvalue weighted by Gasteiger charge is 2.17. The van der Waals surface area contributed by atoms with Crippen LogP contribution in [-0.4, -0.2) is 22.5 Å². The van der Waals surface area contributed by atoms with Gasteiger partial charge in [0, 0.05) is 22.8 Å². The molecule has 0 aromatic carbocycles. The molecule has 0 unspecified atom stereocenters. The van der Waals surface area contributed by atoms with Crippen molar-refractivity contribution in [2.24, 2.45) is 0 Å². The molecule has 2 aromatic heterocycles. The van der Waals surface area contributed by atoms with Crippen molar-refractivity contribution in [3.63, 3.8) is 0 Å². The number of hydrogen-bond donors (Lipinski definition) is 1. The number of aromatic nitrogens is 2. The van der Waals surface area contributed by atoms with Crippen molar-refractivity contribution in [1.82, 2.24) is 14.7 Å². The van der Waals surface area contributed by atoms with Crippen molar-refractivity contribution in [3.05, 3.63) is 34.7 Å². The molecule has 1 aliphatic heterocycles. The Morgan fingerprint density at radius 2 is 2.19 bits per heavy atom. The van der Waals surface area contributed by atoms with Gasteiger partial charge in [-0.05, 0) is 38.1 Å². The van der Waals surface area contributed by atoms with Gasteiger partial charge < -0.3 is 9.72 Å². The normalized spacial score (nSPS) is 18.1. The third-order valence-corrected chi connectivity index (χ3v) is 3.69. The van der Waals surface area contributed by atoms with E-state index in [-0.39, 0.29) is 0 Å². The molecule has 1 fully saturated rings. The number of piperidine rings is 1. The van der Waals surface area contributed by atoms with Crippen LogP contribution in [0.2, 0.25) is 0 Å². The molecule has 16 heavy (non-hydrogen) atoms. The lowest BCUT2D eigenvalue weighted by molar-refractivity contribution is 0.454. The summed E-state index contributed by atoms with van der Waals surface area (Å²) in [5.41, 5.74) is 2.27. The van der Waals surface area contributed by atoms with Crippen LogP contribution >= 0.6 is 15.9 Å². The van der Waals surface area contributed by atoms with E-state index >= 15 is 0 Å². The maximum Gasteiger partial charge on any atom is 0.138 e. The molecule has 0 atom stereocenters. The Labute approximate surface area is 103 Å². The average molecular weight is 280 g/mol. The lowest BCUT2D eigenvalue weighted by Gasteiger charge is -2.20. The molecular formula is C12H14BrN3. The minimum absolute atomic E-state index is 0.625. The lowest BCUT2D eigenvalue weighted by Crippen LogP contribution is -2.26. The number of nitrogens with zero attached hydrogens (tertiary/aromatic N) is 2. The molecule has 1 N–H and O–H groups in total. The summed E-state index contributed by atoms with van der Waals surface area (Å²) in [7, 11) is 0. The summed E-state index contributed by atoms with van der Waals surface area (Å²) in [6.45, 7) is 2.23. The number of halogens is 1. The first kappa shape index (κ1) is 10.3.